The summed E-state index contributed by atoms with van der Waals surface area (Å²) in [7, 11) is 0. The van der Waals surface area contributed by atoms with Crippen molar-refractivity contribution in [2.24, 2.45) is 0 Å². The van der Waals surface area contributed by atoms with Crippen LogP contribution in [0.1, 0.15) is 43.8 Å². The van der Waals surface area contributed by atoms with Crippen molar-refractivity contribution in [2.45, 2.75) is 25.8 Å². The van der Waals surface area contributed by atoms with E-state index >= 15 is 0 Å². The number of carboxylic acids is 1. The van der Waals surface area contributed by atoms with E-state index in [1.807, 2.05) is 65.6 Å². The van der Waals surface area contributed by atoms with Crippen molar-refractivity contribution in [3.63, 3.8) is 0 Å². The Morgan fingerprint density at radius 2 is 1.40 bits per heavy atom. The summed E-state index contributed by atoms with van der Waals surface area (Å²) >= 11 is 0. The smallest absolute Gasteiger partial charge is 0.305 e. The van der Waals surface area contributed by atoms with Crippen LogP contribution in [0.15, 0.2) is 97.3 Å². The van der Waals surface area contributed by atoms with Gasteiger partial charge in [-0.25, -0.2) is 0 Å². The molecule has 0 radical (unpaired) electrons. The molecule has 0 unspecified atom stereocenters. The molecule has 0 saturated heterocycles. The Kier molecular flexibility index (Phi) is 8.30. The summed E-state index contributed by atoms with van der Waals surface area (Å²) in [5.74, 6) is -1.30. The minimum absolute atomic E-state index is 0.0761. The van der Waals surface area contributed by atoms with E-state index in [1.54, 1.807) is 29.4 Å². The van der Waals surface area contributed by atoms with Crippen molar-refractivity contribution in [2.75, 3.05) is 19.6 Å². The van der Waals surface area contributed by atoms with Crippen LogP contribution in [0.25, 0.3) is 11.1 Å². The van der Waals surface area contributed by atoms with Crippen LogP contribution < -0.4 is 0 Å². The fourth-order valence-electron chi connectivity index (χ4n) is 5.18. The van der Waals surface area contributed by atoms with Crippen LogP contribution in [-0.4, -0.2) is 57.3 Å². The van der Waals surface area contributed by atoms with Crippen LogP contribution in [-0.2, 0) is 24.2 Å². The van der Waals surface area contributed by atoms with Crippen molar-refractivity contribution >= 4 is 17.8 Å². The summed E-state index contributed by atoms with van der Waals surface area (Å²) in [5, 5.41) is 9.33. The number of nitrogens with zero attached hydrogens (tertiary/aromatic N) is 3. The lowest BCUT2D eigenvalue weighted by Crippen LogP contribution is -2.36. The molecule has 0 fully saturated rings. The topological polar surface area (TPSA) is 90.8 Å². The summed E-state index contributed by atoms with van der Waals surface area (Å²) < 4.78 is 0. The number of amides is 2. The maximum atomic E-state index is 13.9. The number of carbonyl (C=O) groups is 3. The minimum Gasteiger partial charge on any atom is -0.481 e. The van der Waals surface area contributed by atoms with Gasteiger partial charge in [0, 0.05) is 49.7 Å². The number of carbonyl (C=O) groups excluding carboxylic acids is 2. The molecule has 7 heteroatoms. The van der Waals surface area contributed by atoms with Gasteiger partial charge in [0.25, 0.3) is 11.8 Å². The van der Waals surface area contributed by atoms with Gasteiger partial charge >= 0.3 is 5.97 Å². The molecule has 2 amide bonds. The molecule has 1 aliphatic heterocycles. The van der Waals surface area contributed by atoms with Crippen molar-refractivity contribution in [1.82, 2.24) is 14.8 Å². The van der Waals surface area contributed by atoms with E-state index in [0.717, 1.165) is 17.5 Å². The predicted octanol–water partition coefficient (Wildman–Crippen LogP) is 5.11. The van der Waals surface area contributed by atoms with Gasteiger partial charge in [-0.1, -0.05) is 60.7 Å². The lowest BCUT2D eigenvalue weighted by atomic mass is 9.93. The second kappa shape index (κ2) is 12.4. The normalized spacial score (nSPS) is 12.4. The van der Waals surface area contributed by atoms with Gasteiger partial charge in [-0.15, -0.1) is 0 Å². The molecule has 0 aliphatic carbocycles. The standard InChI is InChI=1S/C33H31N3O4/c37-31(38)17-22-35(20-15-24-13-18-34-19-14-24)32(39)29-11-5-3-9-27(29)28-10-4-6-12-30(28)33(40)36-21-16-25-7-1-2-8-26(25)23-36/h1-14,18-19H,15-17,20-23H2,(H,37,38). The number of aliphatic carboxylic acids is 1. The van der Waals surface area contributed by atoms with Gasteiger partial charge < -0.3 is 14.9 Å². The first-order chi connectivity index (χ1) is 19.5. The molecule has 2 heterocycles. The maximum Gasteiger partial charge on any atom is 0.305 e. The molecule has 0 spiro atoms. The fourth-order valence-corrected chi connectivity index (χ4v) is 5.18. The van der Waals surface area contributed by atoms with Crippen LogP contribution in [0.2, 0.25) is 0 Å². The molecule has 1 aliphatic rings. The zero-order valence-electron chi connectivity index (χ0n) is 22.2. The van der Waals surface area contributed by atoms with E-state index in [9.17, 15) is 19.5 Å². The van der Waals surface area contributed by atoms with Crippen LogP contribution >= 0.6 is 0 Å². The molecule has 0 saturated carbocycles. The molecule has 0 bridgehead atoms. The Hall–Kier alpha value is -4.78. The summed E-state index contributed by atoms with van der Waals surface area (Å²) in [5.41, 5.74) is 5.74. The molecule has 4 aromatic rings. The van der Waals surface area contributed by atoms with Crippen LogP contribution in [0, 0.1) is 0 Å². The van der Waals surface area contributed by atoms with E-state index < -0.39 is 5.97 Å². The zero-order chi connectivity index (χ0) is 27.9. The van der Waals surface area contributed by atoms with Gasteiger partial charge in [0.1, 0.15) is 0 Å². The number of aromatic nitrogens is 1. The van der Waals surface area contributed by atoms with Crippen molar-refractivity contribution < 1.29 is 19.5 Å². The number of hydrogen-bond donors (Lipinski definition) is 1. The van der Waals surface area contributed by atoms with E-state index in [1.165, 1.54) is 5.56 Å². The number of benzene rings is 3. The first-order valence-corrected chi connectivity index (χ1v) is 13.5. The third kappa shape index (κ3) is 6.10. The highest BCUT2D eigenvalue weighted by Gasteiger charge is 2.26. The summed E-state index contributed by atoms with van der Waals surface area (Å²) in [6.07, 6.45) is 4.61. The molecular formula is C33H31N3O4. The minimum atomic E-state index is -0.964. The summed E-state index contributed by atoms with van der Waals surface area (Å²) in [6.45, 7) is 1.62. The van der Waals surface area contributed by atoms with Crippen LogP contribution in [0.5, 0.6) is 0 Å². The van der Waals surface area contributed by atoms with Gasteiger partial charge in [0.2, 0.25) is 0 Å². The van der Waals surface area contributed by atoms with Gasteiger partial charge in [-0.2, -0.15) is 0 Å². The van der Waals surface area contributed by atoms with E-state index in [2.05, 4.69) is 17.1 Å². The SMILES string of the molecule is O=C(O)CCN(CCc1ccncc1)C(=O)c1ccccc1-c1ccccc1C(=O)N1CCc2ccccc2C1. The van der Waals surface area contributed by atoms with Gasteiger partial charge in [-0.05, 0) is 64.9 Å². The number of hydrogen-bond acceptors (Lipinski definition) is 4. The zero-order valence-corrected chi connectivity index (χ0v) is 22.2. The second-order valence-corrected chi connectivity index (χ2v) is 9.88. The van der Waals surface area contributed by atoms with Crippen molar-refractivity contribution in [3.05, 3.63) is 125 Å². The first kappa shape index (κ1) is 26.8. The average Bonchev–Trinajstić information content (AvgIpc) is 3.00. The molecule has 5 rings (SSSR count). The highest BCUT2D eigenvalue weighted by Crippen LogP contribution is 2.30. The number of fused-ring (bicyclic) bond motifs is 1. The first-order valence-electron chi connectivity index (χ1n) is 13.5. The largest absolute Gasteiger partial charge is 0.481 e. The Morgan fingerprint density at radius 3 is 2.12 bits per heavy atom. The van der Waals surface area contributed by atoms with Crippen LogP contribution in [0.3, 0.4) is 0 Å². The fraction of sp³-hybridized carbons (Fsp3) is 0.212. The van der Waals surface area contributed by atoms with Gasteiger partial charge in [0.05, 0.1) is 6.42 Å². The van der Waals surface area contributed by atoms with Gasteiger partial charge in [0.15, 0.2) is 0 Å². The highest BCUT2D eigenvalue weighted by molar-refractivity contribution is 6.06. The van der Waals surface area contributed by atoms with Gasteiger partial charge in [-0.3, -0.25) is 19.4 Å². The Morgan fingerprint density at radius 1 is 0.775 bits per heavy atom. The molecule has 0 atom stereocenters. The number of rotatable bonds is 9. The number of pyridine rings is 1. The monoisotopic (exact) mass is 533 g/mol. The third-order valence-corrected chi connectivity index (χ3v) is 7.33. The molecule has 202 valence electrons. The molecule has 1 aromatic heterocycles. The Labute approximate surface area is 233 Å². The van der Waals surface area contributed by atoms with Crippen molar-refractivity contribution in [3.8, 4) is 11.1 Å². The third-order valence-electron chi connectivity index (χ3n) is 7.33. The maximum absolute atomic E-state index is 13.9. The molecule has 40 heavy (non-hydrogen) atoms. The predicted molar refractivity (Wildman–Crippen MR) is 153 cm³/mol. The summed E-state index contributed by atoms with van der Waals surface area (Å²) in [4.78, 5) is 46.6. The number of carboxylic acid groups (broad SMARTS) is 1. The molecule has 1 N–H and O–H groups in total. The summed E-state index contributed by atoms with van der Waals surface area (Å²) in [6, 6.07) is 26.6. The van der Waals surface area contributed by atoms with E-state index in [0.29, 0.717) is 48.3 Å². The highest BCUT2D eigenvalue weighted by atomic mass is 16.4. The van der Waals surface area contributed by atoms with Crippen LogP contribution in [0.4, 0.5) is 0 Å². The quantitative estimate of drug-likeness (QED) is 0.323. The average molecular weight is 534 g/mol. The lowest BCUT2D eigenvalue weighted by molar-refractivity contribution is -0.137. The Bertz CT molecular complexity index is 1520. The second-order valence-electron chi connectivity index (χ2n) is 9.88. The molecule has 3 aromatic carbocycles. The van der Waals surface area contributed by atoms with Crippen molar-refractivity contribution in [1.29, 1.82) is 0 Å². The lowest BCUT2D eigenvalue weighted by Gasteiger charge is -2.30. The molecular weight excluding hydrogens is 502 g/mol. The van der Waals surface area contributed by atoms with E-state index in [-0.39, 0.29) is 24.8 Å². The molecule has 7 nitrogen and oxygen atoms in total. The Balaban J connectivity index is 1.44. The van der Waals surface area contributed by atoms with E-state index in [4.69, 9.17) is 0 Å².